The summed E-state index contributed by atoms with van der Waals surface area (Å²) in [5, 5.41) is 17.4. The molecule has 6 nitrogen and oxygen atoms in total. The van der Waals surface area contributed by atoms with E-state index in [1.54, 1.807) is 6.07 Å². The second-order valence-electron chi connectivity index (χ2n) is 5.09. The van der Waals surface area contributed by atoms with Crippen LogP contribution < -0.4 is 10.6 Å². The number of benzene rings is 2. The molecule has 1 atom stereocenters. The van der Waals surface area contributed by atoms with Crippen LogP contribution in [0.15, 0.2) is 42.5 Å². The SMILES string of the molecule is C[C@@H](NCC(=O)Nc1cc(Cl)ccc1[N+](=O)[O-])c1ccccc1Cl. The van der Waals surface area contributed by atoms with Crippen LogP contribution in [0.1, 0.15) is 18.5 Å². The third kappa shape index (κ3) is 4.67. The average molecular weight is 368 g/mol. The van der Waals surface area contributed by atoms with Gasteiger partial charge in [0.1, 0.15) is 5.69 Å². The van der Waals surface area contributed by atoms with Crippen LogP contribution in [0, 0.1) is 10.1 Å². The van der Waals surface area contributed by atoms with Crippen LogP contribution in [0.5, 0.6) is 0 Å². The Hall–Kier alpha value is -2.15. The zero-order chi connectivity index (χ0) is 17.7. The summed E-state index contributed by atoms with van der Waals surface area (Å²) in [5.41, 5.74) is 0.706. The first-order valence-electron chi connectivity index (χ1n) is 7.10. The van der Waals surface area contributed by atoms with Crippen molar-refractivity contribution in [3.63, 3.8) is 0 Å². The number of nitro benzene ring substituents is 1. The molecular weight excluding hydrogens is 353 g/mol. The zero-order valence-electron chi connectivity index (χ0n) is 12.8. The van der Waals surface area contributed by atoms with E-state index in [1.165, 1.54) is 18.2 Å². The number of amides is 1. The molecule has 0 aromatic heterocycles. The Morgan fingerprint density at radius 1 is 1.25 bits per heavy atom. The second kappa shape index (κ2) is 8.10. The van der Waals surface area contributed by atoms with Crippen LogP contribution in [0.4, 0.5) is 11.4 Å². The van der Waals surface area contributed by atoms with Crippen LogP contribution in [-0.4, -0.2) is 17.4 Å². The molecule has 2 N–H and O–H groups in total. The number of halogens is 2. The molecule has 8 heteroatoms. The number of carbonyl (C=O) groups is 1. The standard InChI is InChI=1S/C16H15Cl2N3O3/c1-10(12-4-2-3-5-13(12)18)19-9-16(22)20-14-8-11(17)6-7-15(14)21(23)24/h2-8,10,19H,9H2,1H3,(H,20,22)/t10-/m1/s1. The molecule has 0 aliphatic rings. The minimum absolute atomic E-state index is 0.0317. The molecule has 2 aromatic rings. The largest absolute Gasteiger partial charge is 0.319 e. The van der Waals surface area contributed by atoms with Gasteiger partial charge in [0.2, 0.25) is 5.91 Å². The van der Waals surface area contributed by atoms with Crippen molar-refractivity contribution in [3.8, 4) is 0 Å². The van der Waals surface area contributed by atoms with E-state index in [-0.39, 0.29) is 24.0 Å². The Bertz CT molecular complexity index is 768. The molecule has 0 bridgehead atoms. The highest BCUT2D eigenvalue weighted by molar-refractivity contribution is 6.31. The second-order valence-corrected chi connectivity index (χ2v) is 5.93. The summed E-state index contributed by atoms with van der Waals surface area (Å²) < 4.78 is 0. The smallest absolute Gasteiger partial charge is 0.292 e. The number of carbonyl (C=O) groups excluding carboxylic acids is 1. The van der Waals surface area contributed by atoms with Gasteiger partial charge in [0.25, 0.3) is 5.69 Å². The molecule has 0 radical (unpaired) electrons. The van der Waals surface area contributed by atoms with Crippen LogP contribution >= 0.6 is 23.2 Å². The highest BCUT2D eigenvalue weighted by atomic mass is 35.5. The lowest BCUT2D eigenvalue weighted by atomic mass is 10.1. The van der Waals surface area contributed by atoms with Gasteiger partial charge in [0.15, 0.2) is 0 Å². The lowest BCUT2D eigenvalue weighted by molar-refractivity contribution is -0.383. The van der Waals surface area contributed by atoms with Crippen LogP contribution in [-0.2, 0) is 4.79 Å². The molecule has 0 aliphatic carbocycles. The maximum atomic E-state index is 12.0. The Morgan fingerprint density at radius 2 is 1.96 bits per heavy atom. The quantitative estimate of drug-likeness (QED) is 0.592. The number of rotatable bonds is 6. The molecule has 2 aromatic carbocycles. The van der Waals surface area contributed by atoms with E-state index in [9.17, 15) is 14.9 Å². The number of nitro groups is 1. The topological polar surface area (TPSA) is 84.3 Å². The molecule has 0 unspecified atom stereocenters. The number of nitrogens with one attached hydrogen (secondary N) is 2. The highest BCUT2D eigenvalue weighted by Crippen LogP contribution is 2.27. The van der Waals surface area contributed by atoms with Gasteiger partial charge in [-0.1, -0.05) is 41.4 Å². The van der Waals surface area contributed by atoms with Crippen LogP contribution in [0.2, 0.25) is 10.0 Å². The van der Waals surface area contributed by atoms with E-state index in [1.807, 2.05) is 25.1 Å². The monoisotopic (exact) mass is 367 g/mol. The van der Waals surface area contributed by atoms with E-state index in [4.69, 9.17) is 23.2 Å². The summed E-state index contributed by atoms with van der Waals surface area (Å²) in [6, 6.07) is 11.1. The Balaban J connectivity index is 2.00. The van der Waals surface area contributed by atoms with Gasteiger partial charge in [0.05, 0.1) is 11.5 Å². The highest BCUT2D eigenvalue weighted by Gasteiger charge is 2.17. The molecule has 0 saturated heterocycles. The van der Waals surface area contributed by atoms with Gasteiger partial charge in [-0.2, -0.15) is 0 Å². The van der Waals surface area contributed by atoms with Gasteiger partial charge < -0.3 is 10.6 Å². The van der Waals surface area contributed by atoms with Crippen molar-refractivity contribution >= 4 is 40.5 Å². The molecule has 126 valence electrons. The van der Waals surface area contributed by atoms with Gasteiger partial charge in [-0.3, -0.25) is 14.9 Å². The summed E-state index contributed by atoms with van der Waals surface area (Å²) in [4.78, 5) is 22.5. The van der Waals surface area contributed by atoms with Crippen molar-refractivity contribution in [2.75, 3.05) is 11.9 Å². The fraction of sp³-hybridized carbons (Fsp3) is 0.188. The first-order chi connectivity index (χ1) is 11.4. The predicted molar refractivity (Wildman–Crippen MR) is 94.6 cm³/mol. The third-order valence-corrected chi connectivity index (χ3v) is 3.95. The number of hydrogen-bond acceptors (Lipinski definition) is 4. The third-order valence-electron chi connectivity index (χ3n) is 3.37. The van der Waals surface area contributed by atoms with Crippen LogP contribution in [0.3, 0.4) is 0 Å². The van der Waals surface area contributed by atoms with Crippen LogP contribution in [0.25, 0.3) is 0 Å². The summed E-state index contributed by atoms with van der Waals surface area (Å²) in [6.45, 7) is 1.84. The van der Waals surface area contributed by atoms with Crippen molar-refractivity contribution in [2.24, 2.45) is 0 Å². The number of nitrogens with zero attached hydrogens (tertiary/aromatic N) is 1. The average Bonchev–Trinajstić information content (AvgIpc) is 2.53. The first-order valence-corrected chi connectivity index (χ1v) is 7.85. The maximum absolute atomic E-state index is 12.0. The van der Waals surface area contributed by atoms with Gasteiger partial charge in [-0.05, 0) is 30.7 Å². The van der Waals surface area contributed by atoms with Gasteiger partial charge in [-0.15, -0.1) is 0 Å². The Labute approximate surface area is 148 Å². The van der Waals surface area contributed by atoms with E-state index < -0.39 is 10.8 Å². The van der Waals surface area contributed by atoms with Gasteiger partial charge >= 0.3 is 0 Å². The minimum Gasteiger partial charge on any atom is -0.319 e. The molecule has 0 heterocycles. The van der Waals surface area contributed by atoms with Crippen molar-refractivity contribution in [1.29, 1.82) is 0 Å². The fourth-order valence-corrected chi connectivity index (χ4v) is 2.62. The van der Waals surface area contributed by atoms with Crippen molar-refractivity contribution in [2.45, 2.75) is 13.0 Å². The first kappa shape index (κ1) is 18.2. The summed E-state index contributed by atoms with van der Waals surface area (Å²) in [7, 11) is 0. The lowest BCUT2D eigenvalue weighted by Crippen LogP contribution is -2.30. The van der Waals surface area contributed by atoms with Crippen molar-refractivity contribution < 1.29 is 9.72 Å². The molecular formula is C16H15Cl2N3O3. The Morgan fingerprint density at radius 3 is 2.62 bits per heavy atom. The van der Waals surface area contributed by atoms with Gasteiger partial charge in [-0.25, -0.2) is 0 Å². The lowest BCUT2D eigenvalue weighted by Gasteiger charge is -2.15. The number of hydrogen-bond donors (Lipinski definition) is 2. The molecule has 0 fully saturated rings. The van der Waals surface area contributed by atoms with E-state index >= 15 is 0 Å². The summed E-state index contributed by atoms with van der Waals surface area (Å²) >= 11 is 11.9. The van der Waals surface area contributed by atoms with E-state index in [0.29, 0.717) is 10.0 Å². The summed E-state index contributed by atoms with van der Waals surface area (Å²) in [6.07, 6.45) is 0. The fourth-order valence-electron chi connectivity index (χ4n) is 2.14. The number of anilines is 1. The van der Waals surface area contributed by atoms with E-state index in [2.05, 4.69) is 10.6 Å². The van der Waals surface area contributed by atoms with Crippen molar-refractivity contribution in [3.05, 3.63) is 68.2 Å². The van der Waals surface area contributed by atoms with E-state index in [0.717, 1.165) is 5.56 Å². The molecule has 0 spiro atoms. The molecule has 1 amide bonds. The maximum Gasteiger partial charge on any atom is 0.292 e. The molecule has 2 rings (SSSR count). The van der Waals surface area contributed by atoms with Crippen molar-refractivity contribution in [1.82, 2.24) is 5.32 Å². The molecule has 24 heavy (non-hydrogen) atoms. The molecule has 0 aliphatic heterocycles. The zero-order valence-corrected chi connectivity index (χ0v) is 14.3. The molecule has 0 saturated carbocycles. The predicted octanol–water partition coefficient (Wildman–Crippen LogP) is 4.19. The Kier molecular flexibility index (Phi) is 6.14. The van der Waals surface area contributed by atoms with Gasteiger partial charge in [0, 0.05) is 22.2 Å². The minimum atomic E-state index is -0.578. The summed E-state index contributed by atoms with van der Waals surface area (Å²) in [5.74, 6) is -0.417. The normalized spacial score (nSPS) is 11.8.